The van der Waals surface area contributed by atoms with Gasteiger partial charge in [-0.2, -0.15) is 0 Å². The second-order valence-corrected chi connectivity index (χ2v) is 21.7. The molecule has 0 spiro atoms. The number of hydrogen-bond acceptors (Lipinski definition) is 3. The van der Waals surface area contributed by atoms with Crippen LogP contribution in [0, 0.1) is 12.7 Å². The Labute approximate surface area is 379 Å². The normalized spacial score (nSPS) is 12.6. The first-order chi connectivity index (χ1) is 30.0. The monoisotopic (exact) mass is 847 g/mol. The van der Waals surface area contributed by atoms with Crippen LogP contribution in [0.15, 0.2) is 134 Å². The minimum Gasteiger partial charge on any atom is -0.507 e. The average Bonchev–Trinajstić information content (AvgIpc) is 3.61. The zero-order valence-corrected chi connectivity index (χ0v) is 39.9. The maximum Gasteiger partial charge on any atom is 0.149 e. The SMILES string of the molecule is Cc1ccnc(-c2cc(-c3cc(-c4cc(C(C)(C)C)ccc4-c4ccccc4)cc4c3nc(-c3ccc(F)cc3O)n4-c3cc(C(C)(C)C)cc(C(C)(C)C)c3)cc(C(C)(C)C)c2)c1. The molecule has 0 bridgehead atoms. The minimum absolute atomic E-state index is 0.112. The second-order valence-electron chi connectivity index (χ2n) is 21.7. The summed E-state index contributed by atoms with van der Waals surface area (Å²) in [5.74, 6) is -0.163. The van der Waals surface area contributed by atoms with Crippen molar-refractivity contribution in [3.8, 4) is 67.5 Å². The molecule has 0 aliphatic rings. The Hall–Kier alpha value is -6.33. The molecule has 64 heavy (non-hydrogen) atoms. The molecular weight excluding hydrogens is 786 g/mol. The maximum atomic E-state index is 14.8. The van der Waals surface area contributed by atoms with Crippen molar-refractivity contribution in [1.82, 2.24) is 14.5 Å². The topological polar surface area (TPSA) is 50.9 Å². The maximum absolute atomic E-state index is 14.8. The first-order valence-corrected chi connectivity index (χ1v) is 22.5. The van der Waals surface area contributed by atoms with E-state index in [1.165, 1.54) is 34.4 Å². The summed E-state index contributed by atoms with van der Waals surface area (Å²) in [6.07, 6.45) is 1.88. The second kappa shape index (κ2) is 16.0. The van der Waals surface area contributed by atoms with Crippen LogP contribution in [0.2, 0.25) is 0 Å². The molecular formula is C59H62FN3O. The molecule has 2 heterocycles. The molecule has 6 aromatic carbocycles. The van der Waals surface area contributed by atoms with Gasteiger partial charge in [0.2, 0.25) is 0 Å². The molecule has 326 valence electrons. The van der Waals surface area contributed by atoms with Crippen molar-refractivity contribution < 1.29 is 9.50 Å². The van der Waals surface area contributed by atoms with Crippen molar-refractivity contribution in [2.45, 2.75) is 112 Å². The average molecular weight is 848 g/mol. The van der Waals surface area contributed by atoms with E-state index < -0.39 is 5.82 Å². The lowest BCUT2D eigenvalue weighted by atomic mass is 9.80. The van der Waals surface area contributed by atoms with Gasteiger partial charge in [0.25, 0.3) is 0 Å². The fraction of sp³-hybridized carbons (Fsp3) is 0.288. The number of imidazole rings is 1. The lowest BCUT2D eigenvalue weighted by Crippen LogP contribution is -2.17. The van der Waals surface area contributed by atoms with Crippen molar-refractivity contribution in [1.29, 1.82) is 0 Å². The van der Waals surface area contributed by atoms with Gasteiger partial charge in [-0.1, -0.05) is 138 Å². The predicted molar refractivity (Wildman–Crippen MR) is 267 cm³/mol. The molecule has 0 aliphatic carbocycles. The molecule has 0 fully saturated rings. The number of aromatic hydroxyl groups is 1. The molecule has 0 saturated carbocycles. The summed E-state index contributed by atoms with van der Waals surface area (Å²) in [7, 11) is 0. The lowest BCUT2D eigenvalue weighted by molar-refractivity contribution is 0.470. The molecule has 5 heteroatoms. The van der Waals surface area contributed by atoms with Gasteiger partial charge in [-0.25, -0.2) is 9.37 Å². The summed E-state index contributed by atoms with van der Waals surface area (Å²) >= 11 is 0. The van der Waals surface area contributed by atoms with E-state index in [2.05, 4.69) is 198 Å². The number of aromatic nitrogens is 3. The van der Waals surface area contributed by atoms with Gasteiger partial charge < -0.3 is 5.11 Å². The molecule has 0 aliphatic heterocycles. The number of phenolic OH excluding ortho intramolecular Hbond substituents is 1. The third kappa shape index (κ3) is 8.78. The van der Waals surface area contributed by atoms with Crippen LogP contribution in [0.3, 0.4) is 0 Å². The number of phenols is 1. The molecule has 8 aromatic rings. The Balaban J connectivity index is 1.59. The first kappa shape index (κ1) is 44.3. The highest BCUT2D eigenvalue weighted by Gasteiger charge is 2.28. The van der Waals surface area contributed by atoms with Crippen LogP contribution in [0.1, 0.15) is 111 Å². The number of fused-ring (bicyclic) bond motifs is 1. The Bertz CT molecular complexity index is 3020. The number of nitrogens with zero attached hydrogens (tertiary/aromatic N) is 3. The Morgan fingerprint density at radius 2 is 1.08 bits per heavy atom. The van der Waals surface area contributed by atoms with Crippen molar-refractivity contribution >= 4 is 11.0 Å². The molecule has 8 rings (SSSR count). The van der Waals surface area contributed by atoms with Crippen LogP contribution in [0.25, 0.3) is 72.7 Å². The highest BCUT2D eigenvalue weighted by molar-refractivity contribution is 6.01. The first-order valence-electron chi connectivity index (χ1n) is 22.5. The Kier molecular flexibility index (Phi) is 11.1. The van der Waals surface area contributed by atoms with E-state index in [9.17, 15) is 9.50 Å². The number of rotatable bonds is 6. The van der Waals surface area contributed by atoms with Crippen LogP contribution in [0.5, 0.6) is 5.75 Å². The van der Waals surface area contributed by atoms with E-state index in [4.69, 9.17) is 9.97 Å². The quantitative estimate of drug-likeness (QED) is 0.181. The molecule has 0 radical (unpaired) electrons. The van der Waals surface area contributed by atoms with Crippen molar-refractivity contribution in [3.63, 3.8) is 0 Å². The molecule has 2 aromatic heterocycles. The Morgan fingerprint density at radius 3 is 1.69 bits per heavy atom. The van der Waals surface area contributed by atoms with Gasteiger partial charge >= 0.3 is 0 Å². The van der Waals surface area contributed by atoms with E-state index in [1.807, 2.05) is 12.3 Å². The van der Waals surface area contributed by atoms with Gasteiger partial charge in [-0.3, -0.25) is 9.55 Å². The van der Waals surface area contributed by atoms with Gasteiger partial charge in [0.1, 0.15) is 17.4 Å². The summed E-state index contributed by atoms with van der Waals surface area (Å²) < 4.78 is 17.0. The molecule has 0 atom stereocenters. The van der Waals surface area contributed by atoms with Crippen LogP contribution in [-0.2, 0) is 21.7 Å². The Morgan fingerprint density at radius 1 is 0.484 bits per heavy atom. The smallest absolute Gasteiger partial charge is 0.149 e. The van der Waals surface area contributed by atoms with Gasteiger partial charge in [-0.15, -0.1) is 0 Å². The number of halogens is 1. The molecule has 1 N–H and O–H groups in total. The molecule has 0 saturated heterocycles. The van der Waals surface area contributed by atoms with E-state index in [1.54, 1.807) is 6.07 Å². The fourth-order valence-corrected chi connectivity index (χ4v) is 8.47. The van der Waals surface area contributed by atoms with E-state index >= 15 is 0 Å². The zero-order chi connectivity index (χ0) is 46.1. The highest BCUT2D eigenvalue weighted by atomic mass is 19.1. The van der Waals surface area contributed by atoms with E-state index in [0.717, 1.165) is 66.9 Å². The van der Waals surface area contributed by atoms with Gasteiger partial charge in [0.05, 0.1) is 22.3 Å². The van der Waals surface area contributed by atoms with Crippen LogP contribution < -0.4 is 0 Å². The zero-order valence-electron chi connectivity index (χ0n) is 39.9. The van der Waals surface area contributed by atoms with Crippen LogP contribution in [0.4, 0.5) is 4.39 Å². The third-order valence-corrected chi connectivity index (χ3v) is 12.5. The number of hydrogen-bond donors (Lipinski definition) is 1. The number of aryl methyl sites for hydroxylation is 1. The fourth-order valence-electron chi connectivity index (χ4n) is 8.47. The van der Waals surface area contributed by atoms with Crippen LogP contribution >= 0.6 is 0 Å². The summed E-state index contributed by atoms with van der Waals surface area (Å²) in [5, 5.41) is 11.6. The van der Waals surface area contributed by atoms with Crippen molar-refractivity contribution in [2.75, 3.05) is 0 Å². The summed E-state index contributed by atoms with van der Waals surface area (Å²) in [6, 6.07) is 44.0. The standard InChI is InChI=1S/C59H62FN3O/c1-36-23-24-61-51(25-36)40-26-38(27-42(28-40)57(5,6)7)50-29-39(49-34-41(56(2,3)4)19-21-47(49)37-17-15-14-16-18-37)30-52-54(50)62-55(48-22-20-45(60)35-53(48)64)63(52)46-32-43(58(8,9)10)31-44(33-46)59(11,12)13/h14-35,64H,1-13H3. The molecule has 0 unspecified atom stereocenters. The summed E-state index contributed by atoms with van der Waals surface area (Å²) in [6.45, 7) is 29.0. The van der Waals surface area contributed by atoms with Gasteiger partial charge in [-0.05, 0) is 151 Å². The van der Waals surface area contributed by atoms with Gasteiger partial charge in [0, 0.05) is 29.1 Å². The van der Waals surface area contributed by atoms with Crippen LogP contribution in [-0.4, -0.2) is 19.6 Å². The third-order valence-electron chi connectivity index (χ3n) is 12.5. The number of pyridine rings is 1. The summed E-state index contributed by atoms with van der Waals surface area (Å²) in [5.41, 5.74) is 16.5. The van der Waals surface area contributed by atoms with Crippen molar-refractivity contribution in [3.05, 3.63) is 167 Å². The predicted octanol–water partition coefficient (Wildman–Crippen LogP) is 16.1. The largest absolute Gasteiger partial charge is 0.507 e. The molecule has 0 amide bonds. The van der Waals surface area contributed by atoms with Crippen molar-refractivity contribution in [2.24, 2.45) is 0 Å². The molecule has 4 nitrogen and oxygen atoms in total. The highest BCUT2D eigenvalue weighted by Crippen LogP contribution is 2.45. The van der Waals surface area contributed by atoms with E-state index in [-0.39, 0.29) is 27.4 Å². The number of benzene rings is 6. The van der Waals surface area contributed by atoms with E-state index in [0.29, 0.717) is 11.4 Å². The summed E-state index contributed by atoms with van der Waals surface area (Å²) in [4.78, 5) is 10.4. The van der Waals surface area contributed by atoms with Gasteiger partial charge in [0.15, 0.2) is 0 Å². The lowest BCUT2D eigenvalue weighted by Gasteiger charge is -2.27. The minimum atomic E-state index is -0.514.